The number of hydrogen-bond donors (Lipinski definition) is 1. The van der Waals surface area contributed by atoms with Gasteiger partial charge in [-0.3, -0.25) is 9.88 Å². The van der Waals surface area contributed by atoms with Gasteiger partial charge in [-0.25, -0.2) is 18.4 Å². The molecule has 0 amide bonds. The second kappa shape index (κ2) is 8.07. The van der Waals surface area contributed by atoms with Crippen molar-refractivity contribution in [2.24, 2.45) is 0 Å². The summed E-state index contributed by atoms with van der Waals surface area (Å²) in [5.74, 6) is 0.842. The first-order chi connectivity index (χ1) is 12.4. The van der Waals surface area contributed by atoms with Gasteiger partial charge in [0.25, 0.3) is 0 Å². The summed E-state index contributed by atoms with van der Waals surface area (Å²) in [7, 11) is -3.42. The molecule has 1 N–H and O–H groups in total. The number of morpholine rings is 1. The highest BCUT2D eigenvalue weighted by Crippen LogP contribution is 2.23. The Morgan fingerprint density at radius 1 is 1.27 bits per heavy atom. The molecule has 1 fully saturated rings. The van der Waals surface area contributed by atoms with E-state index in [0.717, 1.165) is 25.0 Å². The van der Waals surface area contributed by atoms with Gasteiger partial charge >= 0.3 is 0 Å². The number of anilines is 1. The van der Waals surface area contributed by atoms with Gasteiger partial charge in [0, 0.05) is 32.1 Å². The van der Waals surface area contributed by atoms with Crippen LogP contribution in [0.2, 0.25) is 0 Å². The van der Waals surface area contributed by atoms with Gasteiger partial charge < -0.3 is 10.1 Å². The predicted octanol–water partition coefficient (Wildman–Crippen LogP) is 1.07. The highest BCUT2D eigenvalue weighted by Gasteiger charge is 2.25. The normalized spacial score (nSPS) is 17.0. The Morgan fingerprint density at radius 3 is 2.69 bits per heavy atom. The van der Waals surface area contributed by atoms with Gasteiger partial charge in [0.15, 0.2) is 9.84 Å². The van der Waals surface area contributed by atoms with Crippen LogP contribution in [0.15, 0.2) is 35.5 Å². The Morgan fingerprint density at radius 2 is 2.04 bits per heavy atom. The third kappa shape index (κ3) is 4.54. The molecule has 1 unspecified atom stereocenters. The number of sulfone groups is 1. The Bertz CT molecular complexity index is 839. The molecule has 0 saturated carbocycles. The summed E-state index contributed by atoms with van der Waals surface area (Å²) in [6, 6.07) is 5.79. The largest absolute Gasteiger partial charge is 0.379 e. The van der Waals surface area contributed by atoms with E-state index >= 15 is 0 Å². The minimum Gasteiger partial charge on any atom is -0.379 e. The van der Waals surface area contributed by atoms with Gasteiger partial charge in [-0.05, 0) is 19.1 Å². The quantitative estimate of drug-likeness (QED) is 0.798. The molecule has 3 heterocycles. The minimum atomic E-state index is -3.42. The highest BCUT2D eigenvalue weighted by atomic mass is 32.2. The zero-order valence-corrected chi connectivity index (χ0v) is 15.7. The van der Waals surface area contributed by atoms with E-state index in [1.807, 2.05) is 18.2 Å². The van der Waals surface area contributed by atoms with Gasteiger partial charge in [-0.15, -0.1) is 0 Å². The molecule has 1 aliphatic rings. The van der Waals surface area contributed by atoms with Crippen LogP contribution in [0.1, 0.15) is 17.6 Å². The van der Waals surface area contributed by atoms with E-state index in [4.69, 9.17) is 4.74 Å². The Labute approximate surface area is 153 Å². The fraction of sp³-hybridized carbons (Fsp3) is 0.471. The van der Waals surface area contributed by atoms with Crippen molar-refractivity contribution in [1.29, 1.82) is 0 Å². The Balaban J connectivity index is 1.85. The van der Waals surface area contributed by atoms with Crippen LogP contribution >= 0.6 is 0 Å². The summed E-state index contributed by atoms with van der Waals surface area (Å²) in [6.45, 7) is 5.15. The zero-order chi connectivity index (χ0) is 18.6. The van der Waals surface area contributed by atoms with Crippen molar-refractivity contribution in [2.45, 2.75) is 17.9 Å². The lowest BCUT2D eigenvalue weighted by Gasteiger charge is -2.34. The highest BCUT2D eigenvalue weighted by molar-refractivity contribution is 7.90. The van der Waals surface area contributed by atoms with Crippen LogP contribution in [0.25, 0.3) is 0 Å². The average molecular weight is 377 g/mol. The first-order valence-corrected chi connectivity index (χ1v) is 10.3. The van der Waals surface area contributed by atoms with Crippen molar-refractivity contribution in [3.8, 4) is 0 Å². The molecular weight excluding hydrogens is 354 g/mol. The molecule has 1 saturated heterocycles. The third-order valence-electron chi connectivity index (χ3n) is 4.25. The third-order valence-corrected chi connectivity index (χ3v) is 5.35. The Hall–Kier alpha value is -2.10. The maximum Gasteiger partial charge on any atom is 0.180 e. The van der Waals surface area contributed by atoms with E-state index in [2.05, 4.69) is 25.2 Å². The molecule has 0 bridgehead atoms. The molecule has 2 aromatic heterocycles. The lowest BCUT2D eigenvalue weighted by molar-refractivity contribution is 0.0179. The lowest BCUT2D eigenvalue weighted by atomic mass is 10.1. The van der Waals surface area contributed by atoms with Crippen LogP contribution in [-0.4, -0.2) is 67.4 Å². The number of hydrogen-bond acceptors (Lipinski definition) is 8. The molecule has 0 aromatic carbocycles. The zero-order valence-electron chi connectivity index (χ0n) is 14.9. The summed E-state index contributed by atoms with van der Waals surface area (Å²) < 4.78 is 29.5. The standard InChI is InChI=1S/C17H23N5O3S/c1-13-19-12-16(26(2,23)24)17(21-13)20-11-15(14-5-3-4-6-18-14)22-7-9-25-10-8-22/h3-6,12,15H,7-11H2,1-2H3,(H,19,20,21). The molecule has 1 aliphatic heterocycles. The first kappa shape index (κ1) is 18.7. The fourth-order valence-corrected chi connectivity index (χ4v) is 3.65. The van der Waals surface area contributed by atoms with Gasteiger partial charge in [0.05, 0.1) is 31.1 Å². The summed E-state index contributed by atoms with van der Waals surface area (Å²) >= 11 is 0. The number of nitrogens with zero attached hydrogens (tertiary/aromatic N) is 4. The number of ether oxygens (including phenoxy) is 1. The second-order valence-electron chi connectivity index (χ2n) is 6.20. The van der Waals surface area contributed by atoms with Crippen molar-refractivity contribution >= 4 is 15.7 Å². The molecule has 2 aromatic rings. The smallest absolute Gasteiger partial charge is 0.180 e. The van der Waals surface area contributed by atoms with Gasteiger partial charge in [0.2, 0.25) is 0 Å². The molecule has 0 spiro atoms. The molecule has 1 atom stereocenters. The molecule has 26 heavy (non-hydrogen) atoms. The van der Waals surface area contributed by atoms with Crippen LogP contribution in [0.4, 0.5) is 5.82 Å². The van der Waals surface area contributed by atoms with Gasteiger partial charge in [0.1, 0.15) is 16.5 Å². The van der Waals surface area contributed by atoms with E-state index in [1.54, 1.807) is 13.1 Å². The maximum atomic E-state index is 12.0. The molecule has 3 rings (SSSR count). The maximum absolute atomic E-state index is 12.0. The summed E-state index contributed by atoms with van der Waals surface area (Å²) in [4.78, 5) is 15.2. The molecule has 8 nitrogen and oxygen atoms in total. The second-order valence-corrected chi connectivity index (χ2v) is 8.19. The molecular formula is C17H23N5O3S. The lowest BCUT2D eigenvalue weighted by Crippen LogP contribution is -2.42. The van der Waals surface area contributed by atoms with Crippen LogP contribution < -0.4 is 5.32 Å². The van der Waals surface area contributed by atoms with Crippen LogP contribution in [0.3, 0.4) is 0 Å². The molecule has 0 radical (unpaired) electrons. The topological polar surface area (TPSA) is 97.3 Å². The van der Waals surface area contributed by atoms with Crippen molar-refractivity contribution in [2.75, 3.05) is 44.4 Å². The number of aromatic nitrogens is 3. The average Bonchev–Trinajstić information content (AvgIpc) is 2.63. The van der Waals surface area contributed by atoms with Crippen molar-refractivity contribution in [3.05, 3.63) is 42.1 Å². The number of pyridine rings is 1. The van der Waals surface area contributed by atoms with Crippen molar-refractivity contribution in [1.82, 2.24) is 19.9 Å². The minimum absolute atomic E-state index is 0.0113. The summed E-state index contributed by atoms with van der Waals surface area (Å²) in [5.41, 5.74) is 0.925. The van der Waals surface area contributed by atoms with E-state index in [0.29, 0.717) is 31.4 Å². The van der Waals surface area contributed by atoms with Crippen molar-refractivity contribution in [3.63, 3.8) is 0 Å². The number of nitrogens with one attached hydrogen (secondary N) is 1. The van der Waals surface area contributed by atoms with E-state index in [1.165, 1.54) is 6.20 Å². The molecule has 9 heteroatoms. The monoisotopic (exact) mass is 377 g/mol. The Kier molecular flexibility index (Phi) is 5.80. The van der Waals surface area contributed by atoms with E-state index in [-0.39, 0.29) is 10.9 Å². The van der Waals surface area contributed by atoms with Gasteiger partial charge in [-0.2, -0.15) is 0 Å². The number of rotatable bonds is 6. The predicted molar refractivity (Wildman–Crippen MR) is 97.7 cm³/mol. The van der Waals surface area contributed by atoms with E-state index in [9.17, 15) is 8.42 Å². The summed E-state index contributed by atoms with van der Waals surface area (Å²) in [6.07, 6.45) is 4.27. The number of aryl methyl sites for hydroxylation is 1. The van der Waals surface area contributed by atoms with Gasteiger partial charge in [-0.1, -0.05) is 6.07 Å². The first-order valence-electron chi connectivity index (χ1n) is 8.45. The van der Waals surface area contributed by atoms with E-state index < -0.39 is 9.84 Å². The molecule has 140 valence electrons. The van der Waals surface area contributed by atoms with Crippen LogP contribution in [0, 0.1) is 6.92 Å². The van der Waals surface area contributed by atoms with Crippen LogP contribution in [-0.2, 0) is 14.6 Å². The molecule has 0 aliphatic carbocycles. The SMILES string of the molecule is Cc1ncc(S(C)(=O)=O)c(NCC(c2ccccn2)N2CCOCC2)n1. The van der Waals surface area contributed by atoms with Crippen LogP contribution in [0.5, 0.6) is 0 Å². The summed E-state index contributed by atoms with van der Waals surface area (Å²) in [5, 5.41) is 3.20. The fourth-order valence-electron chi connectivity index (χ4n) is 2.93. The van der Waals surface area contributed by atoms with Crippen molar-refractivity contribution < 1.29 is 13.2 Å².